The van der Waals surface area contributed by atoms with Crippen molar-refractivity contribution in [3.05, 3.63) is 60.2 Å². The summed E-state index contributed by atoms with van der Waals surface area (Å²) in [6.07, 6.45) is 4.84. The van der Waals surface area contributed by atoms with E-state index in [0.717, 1.165) is 0 Å². The third-order valence-corrected chi connectivity index (χ3v) is 3.46. The molecule has 1 aliphatic heterocycles. The monoisotopic (exact) mass is 332 g/mol. The van der Waals surface area contributed by atoms with E-state index in [2.05, 4.69) is 4.74 Å². The molecule has 2 rings (SSSR count). The van der Waals surface area contributed by atoms with Crippen LogP contribution in [0.5, 0.6) is 0 Å². The molecule has 0 bridgehead atoms. The van der Waals surface area contributed by atoms with Crippen molar-refractivity contribution in [3.63, 3.8) is 0 Å². The largest absolute Gasteiger partial charge is 0.466 e. The topological polar surface area (TPSA) is 82.1 Å². The number of benzene rings is 1. The van der Waals surface area contributed by atoms with Crippen molar-refractivity contribution in [2.24, 2.45) is 0 Å². The van der Waals surface area contributed by atoms with Gasteiger partial charge in [0.15, 0.2) is 0 Å². The van der Waals surface area contributed by atoms with Crippen molar-refractivity contribution in [2.45, 2.75) is 31.3 Å². The summed E-state index contributed by atoms with van der Waals surface area (Å²) in [5.74, 6) is -0.930. The van der Waals surface area contributed by atoms with Gasteiger partial charge in [-0.25, -0.2) is 9.59 Å². The number of rotatable bonds is 6. The average Bonchev–Trinajstić information content (AvgIpc) is 2.61. The molecule has 0 saturated carbocycles. The first-order valence-electron chi connectivity index (χ1n) is 7.62. The molecule has 3 atom stereocenters. The van der Waals surface area contributed by atoms with Gasteiger partial charge in [-0.15, -0.1) is 0 Å². The molecule has 1 aromatic carbocycles. The highest BCUT2D eigenvalue weighted by Gasteiger charge is 2.27. The van der Waals surface area contributed by atoms with Gasteiger partial charge in [-0.1, -0.05) is 30.4 Å². The molecule has 128 valence electrons. The second-order valence-corrected chi connectivity index (χ2v) is 5.19. The van der Waals surface area contributed by atoms with Crippen molar-refractivity contribution in [3.8, 4) is 0 Å². The molecule has 0 fully saturated rings. The smallest absolute Gasteiger partial charge is 0.340 e. The Kier molecular flexibility index (Phi) is 6.72. The fourth-order valence-corrected chi connectivity index (χ4v) is 2.19. The quantitative estimate of drug-likeness (QED) is 0.487. The highest BCUT2D eigenvalue weighted by molar-refractivity contribution is 5.89. The SMILES string of the molecule is COC(=O)/C=C/CCC1OC(OC(=O)c2ccccc2)C=CC1O. The maximum atomic E-state index is 12.0. The lowest BCUT2D eigenvalue weighted by Crippen LogP contribution is -2.37. The summed E-state index contributed by atoms with van der Waals surface area (Å²) in [5, 5.41) is 9.92. The van der Waals surface area contributed by atoms with Gasteiger partial charge in [0.2, 0.25) is 6.29 Å². The molecule has 0 aliphatic carbocycles. The molecule has 6 heteroatoms. The Morgan fingerprint density at radius 2 is 2.00 bits per heavy atom. The molecule has 0 aromatic heterocycles. The zero-order chi connectivity index (χ0) is 17.4. The van der Waals surface area contributed by atoms with E-state index in [4.69, 9.17) is 9.47 Å². The number of carbonyl (C=O) groups excluding carboxylic acids is 2. The Morgan fingerprint density at radius 1 is 1.25 bits per heavy atom. The van der Waals surface area contributed by atoms with Crippen molar-refractivity contribution < 1.29 is 28.9 Å². The maximum Gasteiger partial charge on any atom is 0.340 e. The summed E-state index contributed by atoms with van der Waals surface area (Å²) in [4.78, 5) is 23.0. The summed E-state index contributed by atoms with van der Waals surface area (Å²) in [6, 6.07) is 8.60. The number of carbonyl (C=O) groups is 2. The molecule has 1 N–H and O–H groups in total. The molecule has 1 aliphatic rings. The standard InChI is InChI=1S/C18H20O6/c1-22-16(20)10-6-5-9-15-14(19)11-12-17(23-15)24-18(21)13-7-3-2-4-8-13/h2-4,6-8,10-12,14-15,17,19H,5,9H2,1H3/b10-6+. The normalized spacial score (nSPS) is 23.2. The molecule has 6 nitrogen and oxygen atoms in total. The van der Waals surface area contributed by atoms with Gasteiger partial charge < -0.3 is 19.3 Å². The van der Waals surface area contributed by atoms with Crippen molar-refractivity contribution in [1.29, 1.82) is 0 Å². The molecular weight excluding hydrogens is 312 g/mol. The summed E-state index contributed by atoms with van der Waals surface area (Å²) in [6.45, 7) is 0. The Morgan fingerprint density at radius 3 is 2.71 bits per heavy atom. The molecule has 3 unspecified atom stereocenters. The van der Waals surface area contributed by atoms with Crippen molar-refractivity contribution >= 4 is 11.9 Å². The van der Waals surface area contributed by atoms with Gasteiger partial charge in [0, 0.05) is 6.08 Å². The van der Waals surface area contributed by atoms with Gasteiger partial charge in [-0.05, 0) is 31.1 Å². The van der Waals surface area contributed by atoms with E-state index in [1.807, 2.05) is 6.07 Å². The second-order valence-electron chi connectivity index (χ2n) is 5.19. The van der Waals surface area contributed by atoms with E-state index in [9.17, 15) is 14.7 Å². The lowest BCUT2D eigenvalue weighted by Gasteiger charge is -2.29. The van der Waals surface area contributed by atoms with Crippen LogP contribution in [0.1, 0.15) is 23.2 Å². The highest BCUT2D eigenvalue weighted by Crippen LogP contribution is 2.19. The zero-order valence-corrected chi connectivity index (χ0v) is 13.3. The van der Waals surface area contributed by atoms with Crippen LogP contribution in [-0.4, -0.2) is 42.7 Å². The first kappa shape index (κ1) is 17.9. The fourth-order valence-electron chi connectivity index (χ4n) is 2.19. The van der Waals surface area contributed by atoms with E-state index in [0.29, 0.717) is 18.4 Å². The van der Waals surface area contributed by atoms with E-state index in [-0.39, 0.29) is 0 Å². The predicted molar refractivity (Wildman–Crippen MR) is 86.1 cm³/mol. The van der Waals surface area contributed by atoms with Crippen LogP contribution in [-0.2, 0) is 19.0 Å². The van der Waals surface area contributed by atoms with Gasteiger partial charge in [0.1, 0.15) is 0 Å². The van der Waals surface area contributed by atoms with Crippen LogP contribution >= 0.6 is 0 Å². The Bertz CT molecular complexity index is 607. The predicted octanol–water partition coefficient (Wildman–Crippen LogP) is 1.99. The van der Waals surface area contributed by atoms with Gasteiger partial charge in [-0.3, -0.25) is 0 Å². The number of esters is 2. The van der Waals surface area contributed by atoms with E-state index < -0.39 is 30.4 Å². The molecule has 0 saturated heterocycles. The summed E-state index contributed by atoms with van der Waals surface area (Å²) in [7, 11) is 1.30. The minimum atomic E-state index is -0.851. The van der Waals surface area contributed by atoms with Crippen LogP contribution in [0.15, 0.2) is 54.6 Å². The third-order valence-electron chi connectivity index (χ3n) is 3.46. The first-order valence-corrected chi connectivity index (χ1v) is 7.62. The van der Waals surface area contributed by atoms with Crippen molar-refractivity contribution in [1.82, 2.24) is 0 Å². The molecule has 0 amide bonds. The number of hydrogen-bond donors (Lipinski definition) is 1. The maximum absolute atomic E-state index is 12.0. The molecular formula is C18H20O6. The number of aliphatic hydroxyl groups excluding tert-OH is 1. The third kappa shape index (κ3) is 5.33. The van der Waals surface area contributed by atoms with Crippen LogP contribution in [0.25, 0.3) is 0 Å². The van der Waals surface area contributed by atoms with E-state index in [1.165, 1.54) is 19.3 Å². The number of methoxy groups -OCH3 is 1. The van der Waals surface area contributed by atoms with Gasteiger partial charge in [0.05, 0.1) is 24.9 Å². The molecule has 1 heterocycles. The van der Waals surface area contributed by atoms with Gasteiger partial charge >= 0.3 is 11.9 Å². The van der Waals surface area contributed by atoms with Crippen LogP contribution < -0.4 is 0 Å². The Balaban J connectivity index is 1.86. The molecule has 0 spiro atoms. The van der Waals surface area contributed by atoms with Crippen LogP contribution in [0.4, 0.5) is 0 Å². The summed E-state index contributed by atoms with van der Waals surface area (Å²) < 4.78 is 15.4. The minimum Gasteiger partial charge on any atom is -0.466 e. The molecule has 1 aromatic rings. The fraction of sp³-hybridized carbons (Fsp3) is 0.333. The number of aliphatic hydroxyl groups is 1. The minimum absolute atomic E-state index is 0.429. The van der Waals surface area contributed by atoms with E-state index in [1.54, 1.807) is 36.4 Å². The highest BCUT2D eigenvalue weighted by atomic mass is 16.7. The summed E-state index contributed by atoms with van der Waals surface area (Å²) in [5.41, 5.74) is 0.429. The molecule has 24 heavy (non-hydrogen) atoms. The summed E-state index contributed by atoms with van der Waals surface area (Å²) >= 11 is 0. The van der Waals surface area contributed by atoms with Crippen LogP contribution in [0, 0.1) is 0 Å². The first-order chi connectivity index (χ1) is 11.6. The average molecular weight is 332 g/mol. The molecule has 0 radical (unpaired) electrons. The van der Waals surface area contributed by atoms with Gasteiger partial charge in [-0.2, -0.15) is 0 Å². The number of hydrogen-bond acceptors (Lipinski definition) is 6. The van der Waals surface area contributed by atoms with Crippen LogP contribution in [0.2, 0.25) is 0 Å². The van der Waals surface area contributed by atoms with Crippen LogP contribution in [0.3, 0.4) is 0 Å². The Hall–Kier alpha value is -2.44. The van der Waals surface area contributed by atoms with Gasteiger partial charge in [0.25, 0.3) is 0 Å². The number of ether oxygens (including phenoxy) is 3. The lowest BCUT2D eigenvalue weighted by atomic mass is 10.1. The zero-order valence-electron chi connectivity index (χ0n) is 13.3. The second kappa shape index (κ2) is 9.00. The lowest BCUT2D eigenvalue weighted by molar-refractivity contribution is -0.147. The number of allylic oxidation sites excluding steroid dienone is 1. The Labute approximate surface area is 140 Å². The van der Waals surface area contributed by atoms with E-state index >= 15 is 0 Å². The van der Waals surface area contributed by atoms with Crippen molar-refractivity contribution in [2.75, 3.05) is 7.11 Å².